The summed E-state index contributed by atoms with van der Waals surface area (Å²) < 4.78 is 2.04. The Morgan fingerprint density at radius 1 is 1.14 bits per heavy atom. The van der Waals surface area contributed by atoms with Crippen molar-refractivity contribution in [1.29, 1.82) is 0 Å². The molecule has 2 atom stereocenters. The molecule has 28 heavy (non-hydrogen) atoms. The van der Waals surface area contributed by atoms with Gasteiger partial charge in [-0.25, -0.2) is 4.98 Å². The van der Waals surface area contributed by atoms with E-state index in [-0.39, 0.29) is 30.2 Å². The van der Waals surface area contributed by atoms with E-state index in [1.807, 2.05) is 54.1 Å². The molecule has 1 N–H and O–H groups in total. The van der Waals surface area contributed by atoms with Crippen LogP contribution >= 0.6 is 0 Å². The fourth-order valence-electron chi connectivity index (χ4n) is 3.86. The number of fused-ring (bicyclic) bond motifs is 1. The summed E-state index contributed by atoms with van der Waals surface area (Å²) in [6.07, 6.45) is 0.906. The lowest BCUT2D eigenvalue weighted by atomic mass is 10.0. The van der Waals surface area contributed by atoms with E-state index in [1.54, 1.807) is 11.9 Å². The number of imidazole rings is 1. The van der Waals surface area contributed by atoms with Crippen LogP contribution in [0.15, 0.2) is 54.6 Å². The molecule has 0 saturated carbocycles. The lowest BCUT2D eigenvalue weighted by Crippen LogP contribution is -2.37. The van der Waals surface area contributed by atoms with Gasteiger partial charge < -0.3 is 14.8 Å². The third-order valence-electron chi connectivity index (χ3n) is 5.44. The first-order valence-corrected chi connectivity index (χ1v) is 9.52. The Morgan fingerprint density at radius 2 is 1.86 bits per heavy atom. The smallest absolute Gasteiger partial charge is 0.226 e. The SMILES string of the molecule is CN1CC(C(=O)NC(Cc2ccccc2)c2nc3ccccc3n2C)CC1=O. The number of amides is 2. The number of carbonyl (C=O) groups is 2. The fourth-order valence-corrected chi connectivity index (χ4v) is 3.86. The van der Waals surface area contributed by atoms with Crippen molar-refractivity contribution in [2.24, 2.45) is 13.0 Å². The number of hydrogen-bond donors (Lipinski definition) is 1. The van der Waals surface area contributed by atoms with Gasteiger partial charge in [0.15, 0.2) is 0 Å². The van der Waals surface area contributed by atoms with E-state index in [0.29, 0.717) is 13.0 Å². The molecule has 1 aromatic heterocycles. The van der Waals surface area contributed by atoms with E-state index >= 15 is 0 Å². The molecule has 6 heteroatoms. The van der Waals surface area contributed by atoms with Gasteiger partial charge in [0.25, 0.3) is 0 Å². The Balaban J connectivity index is 1.64. The minimum absolute atomic E-state index is 0.0162. The van der Waals surface area contributed by atoms with Crippen LogP contribution in [0.3, 0.4) is 0 Å². The second-order valence-electron chi connectivity index (χ2n) is 7.44. The normalized spacial score (nSPS) is 17.9. The van der Waals surface area contributed by atoms with Crippen molar-refractivity contribution in [3.63, 3.8) is 0 Å². The van der Waals surface area contributed by atoms with E-state index in [2.05, 4.69) is 17.4 Å². The van der Waals surface area contributed by atoms with Gasteiger partial charge in [-0.2, -0.15) is 0 Å². The van der Waals surface area contributed by atoms with Crippen molar-refractivity contribution < 1.29 is 9.59 Å². The lowest BCUT2D eigenvalue weighted by molar-refractivity contribution is -0.128. The maximum absolute atomic E-state index is 12.9. The van der Waals surface area contributed by atoms with Crippen LogP contribution in [0.1, 0.15) is 23.9 Å². The number of likely N-dealkylation sites (tertiary alicyclic amines) is 1. The molecule has 0 aliphatic carbocycles. The average Bonchev–Trinajstić information content (AvgIpc) is 3.22. The number of hydrogen-bond acceptors (Lipinski definition) is 3. The third kappa shape index (κ3) is 3.50. The Morgan fingerprint density at radius 3 is 2.54 bits per heavy atom. The second kappa shape index (κ2) is 7.46. The summed E-state index contributed by atoms with van der Waals surface area (Å²) in [5.41, 5.74) is 3.06. The highest BCUT2D eigenvalue weighted by molar-refractivity contribution is 5.89. The van der Waals surface area contributed by atoms with Crippen molar-refractivity contribution in [3.8, 4) is 0 Å². The Kier molecular flexibility index (Phi) is 4.86. The van der Waals surface area contributed by atoms with Crippen LogP contribution < -0.4 is 5.32 Å². The maximum atomic E-state index is 12.9. The zero-order valence-corrected chi connectivity index (χ0v) is 16.1. The summed E-state index contributed by atoms with van der Waals surface area (Å²) in [4.78, 5) is 31.2. The predicted molar refractivity (Wildman–Crippen MR) is 107 cm³/mol. The largest absolute Gasteiger partial charge is 0.345 e. The van der Waals surface area contributed by atoms with Crippen molar-refractivity contribution in [2.45, 2.75) is 18.9 Å². The number of benzene rings is 2. The van der Waals surface area contributed by atoms with Gasteiger partial charge in [0.05, 0.1) is 23.0 Å². The van der Waals surface area contributed by atoms with Gasteiger partial charge in [-0.05, 0) is 24.1 Å². The molecule has 2 amide bonds. The average molecular weight is 376 g/mol. The molecule has 1 fully saturated rings. The summed E-state index contributed by atoms with van der Waals surface area (Å²) in [6, 6.07) is 17.7. The van der Waals surface area contributed by atoms with E-state index in [4.69, 9.17) is 4.98 Å². The van der Waals surface area contributed by atoms with Gasteiger partial charge in [-0.15, -0.1) is 0 Å². The monoisotopic (exact) mass is 376 g/mol. The third-order valence-corrected chi connectivity index (χ3v) is 5.44. The van der Waals surface area contributed by atoms with Gasteiger partial charge in [-0.3, -0.25) is 9.59 Å². The molecule has 2 heterocycles. The van der Waals surface area contributed by atoms with Gasteiger partial charge in [0.2, 0.25) is 11.8 Å². The van der Waals surface area contributed by atoms with Crippen molar-refractivity contribution in [1.82, 2.24) is 19.8 Å². The quantitative estimate of drug-likeness (QED) is 0.744. The predicted octanol–water partition coefficient (Wildman–Crippen LogP) is 2.45. The van der Waals surface area contributed by atoms with Crippen LogP contribution in [0.2, 0.25) is 0 Å². The topological polar surface area (TPSA) is 67.2 Å². The van der Waals surface area contributed by atoms with Gasteiger partial charge in [0, 0.05) is 27.1 Å². The molecule has 3 aromatic rings. The number of nitrogens with one attached hydrogen (secondary N) is 1. The van der Waals surface area contributed by atoms with E-state index in [1.165, 1.54) is 0 Å². The molecule has 6 nitrogen and oxygen atoms in total. The first kappa shape index (κ1) is 18.2. The van der Waals surface area contributed by atoms with Crippen LogP contribution in [0, 0.1) is 5.92 Å². The van der Waals surface area contributed by atoms with Crippen LogP contribution in [0.25, 0.3) is 11.0 Å². The van der Waals surface area contributed by atoms with Gasteiger partial charge in [-0.1, -0.05) is 42.5 Å². The summed E-state index contributed by atoms with van der Waals surface area (Å²) in [5.74, 6) is 0.426. The second-order valence-corrected chi connectivity index (χ2v) is 7.44. The number of carbonyl (C=O) groups excluding carboxylic acids is 2. The summed E-state index contributed by atoms with van der Waals surface area (Å²) >= 11 is 0. The lowest BCUT2D eigenvalue weighted by Gasteiger charge is -2.21. The first-order valence-electron chi connectivity index (χ1n) is 9.52. The highest BCUT2D eigenvalue weighted by Crippen LogP contribution is 2.24. The van der Waals surface area contributed by atoms with E-state index in [0.717, 1.165) is 22.4 Å². The molecule has 0 bridgehead atoms. The fraction of sp³-hybridized carbons (Fsp3) is 0.318. The molecular formula is C22H24N4O2. The number of nitrogens with zero attached hydrogens (tertiary/aromatic N) is 3. The molecule has 1 aliphatic heterocycles. The minimum atomic E-state index is -0.314. The number of rotatable bonds is 5. The molecule has 0 radical (unpaired) electrons. The first-order chi connectivity index (χ1) is 13.5. The van der Waals surface area contributed by atoms with E-state index in [9.17, 15) is 9.59 Å². The number of para-hydroxylation sites is 2. The zero-order chi connectivity index (χ0) is 19.7. The Labute approximate surface area is 164 Å². The maximum Gasteiger partial charge on any atom is 0.226 e. The minimum Gasteiger partial charge on any atom is -0.345 e. The molecule has 4 rings (SSSR count). The molecule has 0 spiro atoms. The molecule has 1 aliphatic rings. The molecule has 2 aromatic carbocycles. The Bertz CT molecular complexity index is 1010. The summed E-state index contributed by atoms with van der Waals surface area (Å²) in [7, 11) is 3.71. The molecule has 1 saturated heterocycles. The van der Waals surface area contributed by atoms with Crippen LogP contribution in [-0.2, 0) is 23.1 Å². The van der Waals surface area contributed by atoms with Crippen molar-refractivity contribution in [2.75, 3.05) is 13.6 Å². The number of aryl methyl sites for hydroxylation is 1. The van der Waals surface area contributed by atoms with Crippen molar-refractivity contribution >= 4 is 22.8 Å². The van der Waals surface area contributed by atoms with Crippen LogP contribution in [0.4, 0.5) is 0 Å². The number of aromatic nitrogens is 2. The molecule has 2 unspecified atom stereocenters. The summed E-state index contributed by atoms with van der Waals surface area (Å²) in [6.45, 7) is 0.464. The zero-order valence-electron chi connectivity index (χ0n) is 16.1. The van der Waals surface area contributed by atoms with E-state index < -0.39 is 0 Å². The Hall–Kier alpha value is -3.15. The molecule has 144 valence electrons. The highest BCUT2D eigenvalue weighted by Gasteiger charge is 2.34. The highest BCUT2D eigenvalue weighted by atomic mass is 16.2. The van der Waals surface area contributed by atoms with Crippen LogP contribution in [0.5, 0.6) is 0 Å². The van der Waals surface area contributed by atoms with Gasteiger partial charge >= 0.3 is 0 Å². The van der Waals surface area contributed by atoms with Gasteiger partial charge in [0.1, 0.15) is 5.82 Å². The molecular weight excluding hydrogens is 352 g/mol. The van der Waals surface area contributed by atoms with Crippen LogP contribution in [-0.4, -0.2) is 39.9 Å². The standard InChI is InChI=1S/C22H24N4O2/c1-25-14-16(13-20(25)27)22(28)24-18(12-15-8-4-3-5-9-15)21-23-17-10-6-7-11-19(17)26(21)2/h3-11,16,18H,12-14H2,1-2H3,(H,24,28). The summed E-state index contributed by atoms with van der Waals surface area (Å²) in [5, 5.41) is 3.17. The van der Waals surface area contributed by atoms with Crippen molar-refractivity contribution in [3.05, 3.63) is 66.0 Å².